The lowest BCUT2D eigenvalue weighted by molar-refractivity contribution is 1.36. The van der Waals surface area contributed by atoms with Crippen LogP contribution >= 0.6 is 0 Å². The molecule has 0 atom stereocenters. The van der Waals surface area contributed by atoms with Crippen molar-refractivity contribution >= 4 is 10.8 Å². The number of aryl methyl sites for hydroxylation is 1. The predicted molar refractivity (Wildman–Crippen MR) is 97.4 cm³/mol. The third-order valence-corrected chi connectivity index (χ3v) is 4.19. The van der Waals surface area contributed by atoms with Gasteiger partial charge in [0.15, 0.2) is 0 Å². The van der Waals surface area contributed by atoms with Crippen molar-refractivity contribution in [1.29, 1.82) is 0 Å². The summed E-state index contributed by atoms with van der Waals surface area (Å²) in [6.45, 7) is 2.11. The number of pyridine rings is 1. The van der Waals surface area contributed by atoms with Crippen molar-refractivity contribution in [2.24, 2.45) is 0 Å². The highest BCUT2D eigenvalue weighted by atomic mass is 14.7. The Morgan fingerprint density at radius 1 is 0.652 bits per heavy atom. The van der Waals surface area contributed by atoms with Gasteiger partial charge in [-0.05, 0) is 35.6 Å². The van der Waals surface area contributed by atoms with Crippen LogP contribution in [0.2, 0.25) is 0 Å². The minimum Gasteiger partial charge on any atom is -0.256 e. The first-order chi connectivity index (χ1) is 11.3. The molecule has 0 amide bonds. The molecule has 1 heteroatoms. The highest BCUT2D eigenvalue weighted by Crippen LogP contribution is 2.29. The fourth-order valence-corrected chi connectivity index (χ4v) is 2.94. The zero-order valence-electron chi connectivity index (χ0n) is 13.0. The quantitative estimate of drug-likeness (QED) is 0.450. The highest BCUT2D eigenvalue weighted by molar-refractivity contribution is 5.95. The molecule has 0 spiro atoms. The van der Waals surface area contributed by atoms with Crippen molar-refractivity contribution in [3.63, 3.8) is 0 Å². The van der Waals surface area contributed by atoms with Crippen molar-refractivity contribution in [3.8, 4) is 22.4 Å². The van der Waals surface area contributed by atoms with Crippen LogP contribution in [0.25, 0.3) is 33.2 Å². The standard InChI is InChI=1S/C22H17N/c1-16-9-11-17(12-10-16)19-6-4-7-20(15-19)22-21-8-3-2-5-18(21)13-14-23-22/h2-15H,1H3. The minimum atomic E-state index is 1.04. The third kappa shape index (κ3) is 2.62. The average molecular weight is 295 g/mol. The molecule has 0 aliphatic rings. The van der Waals surface area contributed by atoms with Crippen LogP contribution in [0.4, 0.5) is 0 Å². The molecule has 1 heterocycles. The number of hydrogen-bond acceptors (Lipinski definition) is 1. The molecule has 0 aliphatic carbocycles. The lowest BCUT2D eigenvalue weighted by atomic mass is 9.98. The van der Waals surface area contributed by atoms with Gasteiger partial charge in [-0.2, -0.15) is 0 Å². The molecule has 1 nitrogen and oxygen atoms in total. The molecule has 0 radical (unpaired) electrons. The predicted octanol–water partition coefficient (Wildman–Crippen LogP) is 5.88. The molecular weight excluding hydrogens is 278 g/mol. The largest absolute Gasteiger partial charge is 0.256 e. The Balaban J connectivity index is 1.86. The molecule has 0 bridgehead atoms. The zero-order chi connectivity index (χ0) is 15.6. The summed E-state index contributed by atoms with van der Waals surface area (Å²) in [6.07, 6.45) is 1.89. The van der Waals surface area contributed by atoms with Gasteiger partial charge < -0.3 is 0 Å². The molecule has 0 saturated heterocycles. The first kappa shape index (κ1) is 13.7. The summed E-state index contributed by atoms with van der Waals surface area (Å²) >= 11 is 0. The molecule has 0 N–H and O–H groups in total. The van der Waals surface area contributed by atoms with E-state index in [2.05, 4.69) is 90.8 Å². The van der Waals surface area contributed by atoms with Crippen LogP contribution < -0.4 is 0 Å². The number of nitrogens with zero attached hydrogens (tertiary/aromatic N) is 1. The minimum absolute atomic E-state index is 1.04. The first-order valence-corrected chi connectivity index (χ1v) is 7.82. The fraction of sp³-hybridized carbons (Fsp3) is 0.0455. The SMILES string of the molecule is Cc1ccc(-c2cccc(-c3nccc4ccccc34)c2)cc1. The molecule has 110 valence electrons. The molecule has 0 unspecified atom stereocenters. The van der Waals surface area contributed by atoms with Gasteiger partial charge in [-0.3, -0.25) is 4.98 Å². The van der Waals surface area contributed by atoms with Gasteiger partial charge in [-0.1, -0.05) is 72.3 Å². The van der Waals surface area contributed by atoms with Crippen LogP contribution in [-0.4, -0.2) is 4.98 Å². The van der Waals surface area contributed by atoms with Gasteiger partial charge in [0.05, 0.1) is 5.69 Å². The second-order valence-electron chi connectivity index (χ2n) is 5.83. The first-order valence-electron chi connectivity index (χ1n) is 7.82. The van der Waals surface area contributed by atoms with Crippen LogP contribution in [0.3, 0.4) is 0 Å². The van der Waals surface area contributed by atoms with Gasteiger partial charge in [-0.25, -0.2) is 0 Å². The zero-order valence-corrected chi connectivity index (χ0v) is 13.0. The maximum atomic E-state index is 4.63. The number of rotatable bonds is 2. The van der Waals surface area contributed by atoms with Gasteiger partial charge in [0.1, 0.15) is 0 Å². The number of hydrogen-bond donors (Lipinski definition) is 0. The molecule has 0 saturated carbocycles. The summed E-state index contributed by atoms with van der Waals surface area (Å²) < 4.78 is 0. The number of aromatic nitrogens is 1. The maximum absolute atomic E-state index is 4.63. The van der Waals surface area contributed by atoms with Crippen molar-refractivity contribution in [1.82, 2.24) is 4.98 Å². The Hall–Kier alpha value is -2.93. The average Bonchev–Trinajstić information content (AvgIpc) is 2.62. The molecule has 3 aromatic carbocycles. The molecule has 1 aromatic heterocycles. The van der Waals surface area contributed by atoms with Gasteiger partial charge in [0, 0.05) is 17.1 Å². The Bertz CT molecular complexity index is 963. The Kier molecular flexibility index (Phi) is 3.39. The van der Waals surface area contributed by atoms with E-state index in [9.17, 15) is 0 Å². The lowest BCUT2D eigenvalue weighted by Crippen LogP contribution is -1.87. The molecular formula is C22H17N. The van der Waals surface area contributed by atoms with E-state index in [1.165, 1.54) is 27.5 Å². The van der Waals surface area contributed by atoms with Crippen LogP contribution in [0.1, 0.15) is 5.56 Å². The van der Waals surface area contributed by atoms with Gasteiger partial charge in [0.2, 0.25) is 0 Å². The van der Waals surface area contributed by atoms with Crippen molar-refractivity contribution in [2.75, 3.05) is 0 Å². The van der Waals surface area contributed by atoms with E-state index in [0.717, 1.165) is 11.3 Å². The number of benzene rings is 3. The smallest absolute Gasteiger partial charge is 0.0780 e. The molecule has 4 rings (SSSR count). The molecule has 23 heavy (non-hydrogen) atoms. The van der Waals surface area contributed by atoms with Crippen LogP contribution in [0.5, 0.6) is 0 Å². The van der Waals surface area contributed by atoms with Gasteiger partial charge in [-0.15, -0.1) is 0 Å². The second-order valence-corrected chi connectivity index (χ2v) is 5.83. The van der Waals surface area contributed by atoms with Crippen molar-refractivity contribution in [2.45, 2.75) is 6.92 Å². The van der Waals surface area contributed by atoms with Crippen LogP contribution in [-0.2, 0) is 0 Å². The molecule has 0 aliphatic heterocycles. The summed E-state index contributed by atoms with van der Waals surface area (Å²) in [5, 5.41) is 2.41. The third-order valence-electron chi connectivity index (χ3n) is 4.19. The topological polar surface area (TPSA) is 12.9 Å². The van der Waals surface area contributed by atoms with E-state index in [1.54, 1.807) is 0 Å². The van der Waals surface area contributed by atoms with Gasteiger partial charge in [0.25, 0.3) is 0 Å². The molecule has 4 aromatic rings. The van der Waals surface area contributed by atoms with E-state index in [0.29, 0.717) is 0 Å². The Morgan fingerprint density at radius 2 is 1.43 bits per heavy atom. The van der Waals surface area contributed by atoms with E-state index in [4.69, 9.17) is 0 Å². The Morgan fingerprint density at radius 3 is 2.30 bits per heavy atom. The van der Waals surface area contributed by atoms with E-state index < -0.39 is 0 Å². The summed E-state index contributed by atoms with van der Waals surface area (Å²) in [6, 6.07) is 27.7. The van der Waals surface area contributed by atoms with E-state index in [1.807, 2.05) is 6.20 Å². The second kappa shape index (κ2) is 5.69. The van der Waals surface area contributed by atoms with Crippen molar-refractivity contribution in [3.05, 3.63) is 90.6 Å². The van der Waals surface area contributed by atoms with Crippen molar-refractivity contribution < 1.29 is 0 Å². The summed E-state index contributed by atoms with van der Waals surface area (Å²) in [4.78, 5) is 4.63. The maximum Gasteiger partial charge on any atom is 0.0780 e. The van der Waals surface area contributed by atoms with Crippen LogP contribution in [0.15, 0.2) is 85.1 Å². The fourth-order valence-electron chi connectivity index (χ4n) is 2.94. The van der Waals surface area contributed by atoms with E-state index >= 15 is 0 Å². The molecule has 0 fully saturated rings. The monoisotopic (exact) mass is 295 g/mol. The summed E-state index contributed by atoms with van der Waals surface area (Å²) in [5.74, 6) is 0. The van der Waals surface area contributed by atoms with Crippen LogP contribution in [0, 0.1) is 6.92 Å². The number of fused-ring (bicyclic) bond motifs is 1. The van der Waals surface area contributed by atoms with Gasteiger partial charge >= 0.3 is 0 Å². The Labute approximate surface area is 136 Å². The lowest BCUT2D eigenvalue weighted by Gasteiger charge is -2.08. The highest BCUT2D eigenvalue weighted by Gasteiger charge is 2.06. The van der Waals surface area contributed by atoms with E-state index in [-0.39, 0.29) is 0 Å². The normalized spacial score (nSPS) is 10.8. The summed E-state index contributed by atoms with van der Waals surface area (Å²) in [5.41, 5.74) is 5.92. The summed E-state index contributed by atoms with van der Waals surface area (Å²) in [7, 11) is 0.